The molecule has 0 fully saturated rings. The smallest absolute Gasteiger partial charge is 0.336 e. The maximum Gasteiger partial charge on any atom is 0.336 e. The average Bonchev–Trinajstić information content (AvgIpc) is 2.18. The lowest BCUT2D eigenvalue weighted by Crippen LogP contribution is -2.24. The van der Waals surface area contributed by atoms with Gasteiger partial charge in [0.15, 0.2) is 0 Å². The van der Waals surface area contributed by atoms with Crippen LogP contribution < -0.4 is 5.32 Å². The van der Waals surface area contributed by atoms with E-state index in [-0.39, 0.29) is 17.7 Å². The SMILES string of the molecule is [CH2]CNC(=O)c1ccccc1C(=O)O. The Morgan fingerprint density at radius 3 is 2.36 bits per heavy atom. The first kappa shape index (κ1) is 10.2. The molecule has 14 heavy (non-hydrogen) atoms. The van der Waals surface area contributed by atoms with E-state index in [9.17, 15) is 9.59 Å². The number of benzene rings is 1. The van der Waals surface area contributed by atoms with E-state index < -0.39 is 11.9 Å². The summed E-state index contributed by atoms with van der Waals surface area (Å²) in [6.45, 7) is 3.68. The molecule has 0 unspecified atom stereocenters. The van der Waals surface area contributed by atoms with E-state index in [1.165, 1.54) is 12.1 Å². The van der Waals surface area contributed by atoms with Crippen molar-refractivity contribution >= 4 is 11.9 Å². The number of aromatic carboxylic acids is 1. The monoisotopic (exact) mass is 192 g/mol. The highest BCUT2D eigenvalue weighted by Gasteiger charge is 2.14. The van der Waals surface area contributed by atoms with Crippen LogP contribution in [0.3, 0.4) is 0 Å². The third-order valence-corrected chi connectivity index (χ3v) is 1.69. The highest BCUT2D eigenvalue weighted by Crippen LogP contribution is 2.08. The van der Waals surface area contributed by atoms with E-state index in [4.69, 9.17) is 5.11 Å². The van der Waals surface area contributed by atoms with E-state index in [1.54, 1.807) is 12.1 Å². The molecular formula is C10H10NO3. The quantitative estimate of drug-likeness (QED) is 0.749. The van der Waals surface area contributed by atoms with Crippen LogP contribution >= 0.6 is 0 Å². The van der Waals surface area contributed by atoms with Crippen molar-refractivity contribution in [2.75, 3.05) is 6.54 Å². The Kier molecular flexibility index (Phi) is 3.23. The fraction of sp³-hybridized carbons (Fsp3) is 0.100. The summed E-state index contributed by atoms with van der Waals surface area (Å²) < 4.78 is 0. The van der Waals surface area contributed by atoms with Crippen molar-refractivity contribution in [1.82, 2.24) is 5.32 Å². The highest BCUT2D eigenvalue weighted by molar-refractivity contribution is 6.04. The number of nitrogens with one attached hydrogen (secondary N) is 1. The number of amides is 1. The van der Waals surface area contributed by atoms with Crippen molar-refractivity contribution in [3.63, 3.8) is 0 Å². The maximum atomic E-state index is 11.4. The van der Waals surface area contributed by atoms with Gasteiger partial charge in [-0.2, -0.15) is 0 Å². The molecule has 1 radical (unpaired) electrons. The average molecular weight is 192 g/mol. The molecule has 0 spiro atoms. The molecule has 0 bridgehead atoms. The number of carbonyl (C=O) groups is 2. The molecule has 0 aliphatic heterocycles. The third kappa shape index (κ3) is 2.10. The lowest BCUT2D eigenvalue weighted by molar-refractivity contribution is 0.0691. The van der Waals surface area contributed by atoms with E-state index in [2.05, 4.69) is 12.2 Å². The number of carboxylic acids is 1. The van der Waals surface area contributed by atoms with Gasteiger partial charge in [0.25, 0.3) is 5.91 Å². The zero-order valence-corrected chi connectivity index (χ0v) is 7.49. The zero-order chi connectivity index (χ0) is 10.6. The molecule has 0 saturated carbocycles. The van der Waals surface area contributed by atoms with Crippen molar-refractivity contribution < 1.29 is 14.7 Å². The van der Waals surface area contributed by atoms with Gasteiger partial charge >= 0.3 is 5.97 Å². The lowest BCUT2D eigenvalue weighted by atomic mass is 10.1. The van der Waals surface area contributed by atoms with Crippen LogP contribution in [-0.2, 0) is 0 Å². The molecule has 0 aliphatic rings. The molecule has 4 nitrogen and oxygen atoms in total. The Bertz CT molecular complexity index is 360. The Morgan fingerprint density at radius 2 is 1.86 bits per heavy atom. The molecule has 2 N–H and O–H groups in total. The summed E-state index contributed by atoms with van der Waals surface area (Å²) >= 11 is 0. The molecule has 73 valence electrons. The molecule has 0 saturated heterocycles. The summed E-state index contributed by atoms with van der Waals surface area (Å²) in [7, 11) is 0. The number of carboxylic acid groups (broad SMARTS) is 1. The van der Waals surface area contributed by atoms with Crippen molar-refractivity contribution in [3.8, 4) is 0 Å². The van der Waals surface area contributed by atoms with E-state index in [0.29, 0.717) is 0 Å². The van der Waals surface area contributed by atoms with Gasteiger partial charge in [0.05, 0.1) is 11.1 Å². The zero-order valence-electron chi connectivity index (χ0n) is 7.49. The first-order valence-corrected chi connectivity index (χ1v) is 4.06. The molecule has 1 amide bonds. The van der Waals surface area contributed by atoms with Gasteiger partial charge in [0.2, 0.25) is 0 Å². The van der Waals surface area contributed by atoms with Crippen LogP contribution in [0.2, 0.25) is 0 Å². The van der Waals surface area contributed by atoms with Crippen molar-refractivity contribution in [1.29, 1.82) is 0 Å². The summed E-state index contributed by atoms with van der Waals surface area (Å²) in [4.78, 5) is 22.1. The Labute approximate surface area is 81.6 Å². The van der Waals surface area contributed by atoms with Gasteiger partial charge in [0.1, 0.15) is 0 Å². The Hall–Kier alpha value is -1.84. The highest BCUT2D eigenvalue weighted by atomic mass is 16.4. The topological polar surface area (TPSA) is 66.4 Å². The molecule has 1 aromatic rings. The van der Waals surface area contributed by atoms with Gasteiger partial charge in [-0.15, -0.1) is 0 Å². The number of carbonyl (C=O) groups excluding carboxylic acids is 1. The van der Waals surface area contributed by atoms with Crippen LogP contribution in [0.1, 0.15) is 20.7 Å². The predicted octanol–water partition coefficient (Wildman–Crippen LogP) is 0.949. The van der Waals surface area contributed by atoms with E-state index in [1.807, 2.05) is 0 Å². The summed E-state index contributed by atoms with van der Waals surface area (Å²) in [6, 6.07) is 6.05. The van der Waals surface area contributed by atoms with Crippen LogP contribution in [-0.4, -0.2) is 23.5 Å². The predicted molar refractivity (Wildman–Crippen MR) is 51.1 cm³/mol. The van der Waals surface area contributed by atoms with Crippen molar-refractivity contribution in [2.24, 2.45) is 0 Å². The molecule has 0 aromatic heterocycles. The number of hydrogen-bond acceptors (Lipinski definition) is 2. The van der Waals surface area contributed by atoms with Gasteiger partial charge in [0, 0.05) is 6.54 Å². The Morgan fingerprint density at radius 1 is 1.29 bits per heavy atom. The van der Waals surface area contributed by atoms with E-state index in [0.717, 1.165) is 0 Å². The van der Waals surface area contributed by atoms with Crippen LogP contribution in [0.4, 0.5) is 0 Å². The van der Waals surface area contributed by atoms with Crippen LogP contribution in [0.15, 0.2) is 24.3 Å². The summed E-state index contributed by atoms with van der Waals surface area (Å²) in [5, 5.41) is 11.2. The second-order valence-electron chi connectivity index (χ2n) is 2.61. The minimum atomic E-state index is -1.11. The summed E-state index contributed by atoms with van der Waals surface area (Å²) in [6.07, 6.45) is 0. The first-order chi connectivity index (χ1) is 6.66. The van der Waals surface area contributed by atoms with Crippen molar-refractivity contribution in [2.45, 2.75) is 0 Å². The Balaban J connectivity index is 3.07. The minimum Gasteiger partial charge on any atom is -0.478 e. The van der Waals surface area contributed by atoms with E-state index >= 15 is 0 Å². The summed E-state index contributed by atoms with van der Waals surface area (Å²) in [5.74, 6) is -1.53. The second kappa shape index (κ2) is 4.41. The lowest BCUT2D eigenvalue weighted by Gasteiger charge is -2.04. The largest absolute Gasteiger partial charge is 0.478 e. The fourth-order valence-electron chi connectivity index (χ4n) is 1.08. The molecule has 0 heterocycles. The van der Waals surface area contributed by atoms with Crippen molar-refractivity contribution in [3.05, 3.63) is 42.3 Å². The number of hydrogen-bond donors (Lipinski definition) is 2. The van der Waals surface area contributed by atoms with Gasteiger partial charge in [-0.25, -0.2) is 4.79 Å². The summed E-state index contributed by atoms with van der Waals surface area (Å²) in [5.41, 5.74) is 0.155. The molecule has 1 rings (SSSR count). The maximum absolute atomic E-state index is 11.4. The van der Waals surface area contributed by atoms with Gasteiger partial charge < -0.3 is 10.4 Å². The van der Waals surface area contributed by atoms with Gasteiger partial charge in [-0.1, -0.05) is 12.1 Å². The molecule has 0 atom stereocenters. The minimum absolute atomic E-state index is 0.00144. The molecule has 1 aromatic carbocycles. The fourth-order valence-corrected chi connectivity index (χ4v) is 1.08. The second-order valence-corrected chi connectivity index (χ2v) is 2.61. The normalized spacial score (nSPS) is 9.50. The molecular weight excluding hydrogens is 182 g/mol. The molecule has 4 heteroatoms. The third-order valence-electron chi connectivity index (χ3n) is 1.69. The molecule has 0 aliphatic carbocycles. The van der Waals surface area contributed by atoms with Gasteiger partial charge in [-0.05, 0) is 19.1 Å². The number of rotatable bonds is 3. The standard InChI is InChI=1S/C10H10NO3/c1-2-11-9(12)7-5-3-4-6-8(7)10(13)14/h3-6H,1-2H2,(H,11,12)(H,13,14). The van der Waals surface area contributed by atoms with Crippen LogP contribution in [0, 0.1) is 6.92 Å². The van der Waals surface area contributed by atoms with Gasteiger partial charge in [-0.3, -0.25) is 4.79 Å². The first-order valence-electron chi connectivity index (χ1n) is 4.06. The van der Waals surface area contributed by atoms with Crippen LogP contribution in [0.5, 0.6) is 0 Å². The van der Waals surface area contributed by atoms with Crippen LogP contribution in [0.25, 0.3) is 0 Å².